The van der Waals surface area contributed by atoms with Crippen LogP contribution in [0.1, 0.15) is 25.0 Å². The van der Waals surface area contributed by atoms with Crippen LogP contribution in [0.15, 0.2) is 54.1 Å². The van der Waals surface area contributed by atoms with E-state index in [0.29, 0.717) is 17.4 Å². The van der Waals surface area contributed by atoms with Gasteiger partial charge < -0.3 is 14.6 Å². The van der Waals surface area contributed by atoms with Crippen LogP contribution in [0.2, 0.25) is 0 Å². The lowest BCUT2D eigenvalue weighted by atomic mass is 10.0. The smallest absolute Gasteiger partial charge is 0.412 e. The highest BCUT2D eigenvalue weighted by Gasteiger charge is 2.18. The molecule has 0 unspecified atom stereocenters. The summed E-state index contributed by atoms with van der Waals surface area (Å²) in [5, 5.41) is 19.7. The lowest BCUT2D eigenvalue weighted by molar-refractivity contribution is -0.125. The number of carbonyl (C=O) groups is 2. The van der Waals surface area contributed by atoms with E-state index in [4.69, 9.17) is 19.8 Å². The fourth-order valence-electron chi connectivity index (χ4n) is 2.52. The van der Waals surface area contributed by atoms with E-state index in [0.717, 1.165) is 12.1 Å². The molecular formula is C21H22F2N2O6. The van der Waals surface area contributed by atoms with Crippen molar-refractivity contribution in [2.45, 2.75) is 19.4 Å². The standard InChI is InChI=1S/C21H22F2N2O6/c1-13(20(27)25-29)2-9-19(14-3-6-16(7-4-14)30-11-10-26)31-21(28)24-18-8-5-15(22)12-17(18)23/h2-8,12,19,26,29H,9-11H2,1H3,(H,24,28)(H,25,27)/b13-2+/t19-/m0/s1. The SMILES string of the molecule is C/C(=C\C[C@H](OC(=O)Nc1ccc(F)cc1F)c1ccc(OCCO)cc1)C(=O)NO. The summed E-state index contributed by atoms with van der Waals surface area (Å²) >= 11 is 0. The molecule has 0 aliphatic carbocycles. The van der Waals surface area contributed by atoms with E-state index in [2.05, 4.69) is 5.32 Å². The summed E-state index contributed by atoms with van der Waals surface area (Å²) in [5.74, 6) is -1.99. The fourth-order valence-corrected chi connectivity index (χ4v) is 2.52. The zero-order valence-electron chi connectivity index (χ0n) is 16.6. The van der Waals surface area contributed by atoms with Gasteiger partial charge in [0.2, 0.25) is 0 Å². The number of carbonyl (C=O) groups excluding carboxylic acids is 2. The zero-order chi connectivity index (χ0) is 22.8. The first kappa shape index (κ1) is 23.8. The van der Waals surface area contributed by atoms with Crippen molar-refractivity contribution in [1.82, 2.24) is 5.48 Å². The van der Waals surface area contributed by atoms with E-state index >= 15 is 0 Å². The maximum atomic E-state index is 13.8. The largest absolute Gasteiger partial charge is 0.491 e. The first-order valence-electron chi connectivity index (χ1n) is 9.21. The third-order valence-corrected chi connectivity index (χ3v) is 4.13. The Morgan fingerprint density at radius 3 is 2.48 bits per heavy atom. The van der Waals surface area contributed by atoms with Crippen molar-refractivity contribution in [3.8, 4) is 5.75 Å². The van der Waals surface area contributed by atoms with Gasteiger partial charge in [0, 0.05) is 18.1 Å². The van der Waals surface area contributed by atoms with Gasteiger partial charge in [-0.2, -0.15) is 0 Å². The summed E-state index contributed by atoms with van der Waals surface area (Å²) in [6.45, 7) is 1.43. The van der Waals surface area contributed by atoms with Crippen LogP contribution in [0.3, 0.4) is 0 Å². The maximum Gasteiger partial charge on any atom is 0.412 e. The van der Waals surface area contributed by atoms with Crippen molar-refractivity contribution in [2.24, 2.45) is 0 Å². The summed E-state index contributed by atoms with van der Waals surface area (Å²) < 4.78 is 37.5. The molecule has 4 N–H and O–H groups in total. The molecule has 0 aromatic heterocycles. The van der Waals surface area contributed by atoms with Gasteiger partial charge >= 0.3 is 6.09 Å². The number of benzene rings is 2. The molecule has 0 bridgehead atoms. The van der Waals surface area contributed by atoms with E-state index in [1.807, 2.05) is 0 Å². The van der Waals surface area contributed by atoms with Crippen LogP contribution >= 0.6 is 0 Å². The highest BCUT2D eigenvalue weighted by Crippen LogP contribution is 2.26. The Kier molecular flexibility index (Phi) is 8.92. The van der Waals surface area contributed by atoms with E-state index in [1.165, 1.54) is 18.5 Å². The molecule has 0 aliphatic rings. The van der Waals surface area contributed by atoms with Gasteiger partial charge in [0.25, 0.3) is 5.91 Å². The van der Waals surface area contributed by atoms with Crippen molar-refractivity contribution < 1.29 is 38.2 Å². The summed E-state index contributed by atoms with van der Waals surface area (Å²) in [6, 6.07) is 9.13. The number of hydrogen-bond acceptors (Lipinski definition) is 6. The van der Waals surface area contributed by atoms with Gasteiger partial charge in [-0.3, -0.25) is 15.3 Å². The Balaban J connectivity index is 2.18. The molecule has 31 heavy (non-hydrogen) atoms. The predicted octanol–water partition coefficient (Wildman–Crippen LogP) is 3.47. The Hall–Kier alpha value is -3.50. The average Bonchev–Trinajstić information content (AvgIpc) is 2.76. The Bertz CT molecular complexity index is 934. The minimum absolute atomic E-state index is 0.0649. The molecule has 0 aliphatic heterocycles. The molecular weight excluding hydrogens is 414 g/mol. The summed E-state index contributed by atoms with van der Waals surface area (Å²) in [6.07, 6.45) is -0.348. The second kappa shape index (κ2) is 11.6. The van der Waals surface area contributed by atoms with Crippen molar-refractivity contribution >= 4 is 17.7 Å². The minimum atomic E-state index is -0.992. The zero-order valence-corrected chi connectivity index (χ0v) is 16.6. The fraction of sp³-hybridized carbons (Fsp3) is 0.238. The first-order chi connectivity index (χ1) is 14.8. The molecule has 0 fully saturated rings. The first-order valence-corrected chi connectivity index (χ1v) is 9.21. The van der Waals surface area contributed by atoms with Gasteiger partial charge in [-0.05, 0) is 36.8 Å². The molecule has 2 rings (SSSR count). The van der Waals surface area contributed by atoms with Crippen molar-refractivity contribution in [3.63, 3.8) is 0 Å². The highest BCUT2D eigenvalue weighted by molar-refractivity contribution is 5.91. The summed E-state index contributed by atoms with van der Waals surface area (Å²) in [4.78, 5) is 23.8. The molecule has 2 amide bonds. The van der Waals surface area contributed by atoms with Crippen LogP contribution in [-0.2, 0) is 9.53 Å². The van der Waals surface area contributed by atoms with Crippen LogP contribution in [0.25, 0.3) is 0 Å². The van der Waals surface area contributed by atoms with E-state index in [-0.39, 0.29) is 30.9 Å². The van der Waals surface area contributed by atoms with Crippen LogP contribution in [0, 0.1) is 11.6 Å². The Morgan fingerprint density at radius 1 is 1.16 bits per heavy atom. The third kappa shape index (κ3) is 7.36. The lowest BCUT2D eigenvalue weighted by Gasteiger charge is -2.18. The number of hydroxylamine groups is 1. The number of anilines is 1. The van der Waals surface area contributed by atoms with Gasteiger partial charge in [0.15, 0.2) is 0 Å². The topological polar surface area (TPSA) is 117 Å². The highest BCUT2D eigenvalue weighted by atomic mass is 19.1. The number of nitrogens with one attached hydrogen (secondary N) is 2. The molecule has 0 spiro atoms. The van der Waals surface area contributed by atoms with Gasteiger partial charge in [-0.1, -0.05) is 18.2 Å². The van der Waals surface area contributed by atoms with Crippen LogP contribution < -0.4 is 15.5 Å². The van der Waals surface area contributed by atoms with E-state index < -0.39 is 29.7 Å². The average molecular weight is 436 g/mol. The normalized spacial score (nSPS) is 12.1. The lowest BCUT2D eigenvalue weighted by Crippen LogP contribution is -2.20. The molecule has 2 aromatic rings. The van der Waals surface area contributed by atoms with Crippen molar-refractivity contribution in [1.29, 1.82) is 0 Å². The molecule has 0 saturated heterocycles. The molecule has 2 aromatic carbocycles. The predicted molar refractivity (Wildman–Crippen MR) is 107 cm³/mol. The Labute approximate surface area is 177 Å². The quantitative estimate of drug-likeness (QED) is 0.272. The number of aliphatic hydroxyl groups excluding tert-OH is 1. The number of aliphatic hydroxyl groups is 1. The van der Waals surface area contributed by atoms with E-state index in [1.54, 1.807) is 24.3 Å². The monoisotopic (exact) mass is 436 g/mol. The van der Waals surface area contributed by atoms with Crippen LogP contribution in [0.5, 0.6) is 5.75 Å². The molecule has 8 nitrogen and oxygen atoms in total. The number of ether oxygens (including phenoxy) is 2. The molecule has 166 valence electrons. The number of hydrogen-bond donors (Lipinski definition) is 4. The van der Waals surface area contributed by atoms with Crippen molar-refractivity contribution in [3.05, 3.63) is 71.3 Å². The molecule has 0 radical (unpaired) electrons. The maximum absolute atomic E-state index is 13.8. The summed E-state index contributed by atoms with van der Waals surface area (Å²) in [7, 11) is 0. The second-order valence-corrected chi connectivity index (χ2v) is 6.35. The van der Waals surface area contributed by atoms with Gasteiger partial charge in [-0.15, -0.1) is 0 Å². The van der Waals surface area contributed by atoms with Gasteiger partial charge in [-0.25, -0.2) is 19.1 Å². The van der Waals surface area contributed by atoms with Gasteiger partial charge in [0.1, 0.15) is 30.1 Å². The van der Waals surface area contributed by atoms with E-state index in [9.17, 15) is 18.4 Å². The van der Waals surface area contributed by atoms with Crippen LogP contribution in [-0.4, -0.2) is 35.5 Å². The Morgan fingerprint density at radius 2 is 1.87 bits per heavy atom. The number of halogens is 2. The minimum Gasteiger partial charge on any atom is -0.491 e. The molecule has 10 heteroatoms. The second-order valence-electron chi connectivity index (χ2n) is 6.35. The summed E-state index contributed by atoms with van der Waals surface area (Å²) in [5.41, 5.74) is 1.97. The number of rotatable bonds is 9. The van der Waals surface area contributed by atoms with Crippen molar-refractivity contribution in [2.75, 3.05) is 18.5 Å². The van der Waals surface area contributed by atoms with Crippen LogP contribution in [0.4, 0.5) is 19.3 Å². The third-order valence-electron chi connectivity index (χ3n) is 4.13. The molecule has 0 saturated carbocycles. The molecule has 0 heterocycles. The number of amides is 2. The molecule has 1 atom stereocenters. The van der Waals surface area contributed by atoms with Gasteiger partial charge in [0.05, 0.1) is 12.3 Å².